The molecule has 162 valence electrons. The Balaban J connectivity index is 0.00000320. The molecule has 0 spiro atoms. The van der Waals surface area contributed by atoms with E-state index in [9.17, 15) is 4.79 Å². The topological polar surface area (TPSA) is 56.7 Å². The van der Waals surface area contributed by atoms with Crippen LogP contribution in [0.5, 0.6) is 0 Å². The summed E-state index contributed by atoms with van der Waals surface area (Å²) in [4.78, 5) is 18.7. The Morgan fingerprint density at radius 3 is 2.43 bits per heavy atom. The summed E-state index contributed by atoms with van der Waals surface area (Å²) in [6, 6.07) is 16.9. The molecular formula is C24H33IN4O. The lowest BCUT2D eigenvalue weighted by atomic mass is 9.99. The van der Waals surface area contributed by atoms with Gasteiger partial charge < -0.3 is 15.5 Å². The van der Waals surface area contributed by atoms with Crippen molar-refractivity contribution in [2.75, 3.05) is 20.1 Å². The van der Waals surface area contributed by atoms with Crippen molar-refractivity contribution in [2.24, 2.45) is 4.99 Å². The Labute approximate surface area is 197 Å². The van der Waals surface area contributed by atoms with Crippen LogP contribution in [0.25, 0.3) is 0 Å². The van der Waals surface area contributed by atoms with Crippen LogP contribution in [0.15, 0.2) is 53.5 Å². The number of guanidine groups is 1. The van der Waals surface area contributed by atoms with E-state index in [2.05, 4.69) is 65.9 Å². The van der Waals surface area contributed by atoms with Crippen LogP contribution < -0.4 is 10.6 Å². The molecule has 1 unspecified atom stereocenters. The summed E-state index contributed by atoms with van der Waals surface area (Å²) >= 11 is 0. The number of nitrogens with one attached hydrogen (secondary N) is 2. The zero-order valence-electron chi connectivity index (χ0n) is 18.1. The van der Waals surface area contributed by atoms with Gasteiger partial charge in [-0.3, -0.25) is 9.79 Å². The molecule has 30 heavy (non-hydrogen) atoms. The third-order valence-corrected chi connectivity index (χ3v) is 5.46. The van der Waals surface area contributed by atoms with Gasteiger partial charge in [0.1, 0.15) is 0 Å². The molecule has 6 heteroatoms. The Bertz CT molecular complexity index is 843. The first kappa shape index (κ1) is 24.2. The summed E-state index contributed by atoms with van der Waals surface area (Å²) in [5.41, 5.74) is 5.14. The number of rotatable bonds is 7. The fourth-order valence-corrected chi connectivity index (χ4v) is 3.68. The minimum Gasteiger partial charge on any atom is -0.356 e. The SMILES string of the molecule is CN=C(NCCCC(=O)N1Cc2ccccc2C1)NCC(C)c1cccc(C)c1.I. The second-order valence-electron chi connectivity index (χ2n) is 7.82. The molecule has 3 rings (SSSR count). The number of aryl methyl sites for hydroxylation is 1. The first-order valence-electron chi connectivity index (χ1n) is 10.4. The second-order valence-corrected chi connectivity index (χ2v) is 7.82. The zero-order chi connectivity index (χ0) is 20.6. The standard InChI is InChI=1S/C24H32N4O.HI/c1-18-8-6-11-20(14-18)19(2)15-27-24(25-3)26-13-7-12-23(29)28-16-21-9-4-5-10-22(21)17-28;/h4-6,8-11,14,19H,7,12-13,15-17H2,1-3H3,(H2,25,26,27);1H. The van der Waals surface area contributed by atoms with E-state index in [1.165, 1.54) is 22.3 Å². The number of carbonyl (C=O) groups is 1. The third kappa shape index (κ3) is 6.72. The molecule has 1 heterocycles. The first-order chi connectivity index (χ1) is 14.1. The Kier molecular flexibility index (Phi) is 9.62. The summed E-state index contributed by atoms with van der Waals surface area (Å²) in [5.74, 6) is 1.40. The Morgan fingerprint density at radius 1 is 1.10 bits per heavy atom. The summed E-state index contributed by atoms with van der Waals surface area (Å²) in [6.45, 7) is 7.35. The van der Waals surface area contributed by atoms with Gasteiger partial charge in [0.05, 0.1) is 0 Å². The predicted molar refractivity (Wildman–Crippen MR) is 134 cm³/mol. The molecule has 2 N–H and O–H groups in total. The van der Waals surface area contributed by atoms with Crippen molar-refractivity contribution in [3.05, 3.63) is 70.8 Å². The lowest BCUT2D eigenvalue weighted by molar-refractivity contribution is -0.131. The van der Waals surface area contributed by atoms with E-state index in [-0.39, 0.29) is 29.9 Å². The lowest BCUT2D eigenvalue weighted by Crippen LogP contribution is -2.39. The van der Waals surface area contributed by atoms with Crippen LogP contribution in [0.3, 0.4) is 0 Å². The average molecular weight is 520 g/mol. The van der Waals surface area contributed by atoms with E-state index in [0.29, 0.717) is 12.3 Å². The van der Waals surface area contributed by atoms with E-state index in [1.54, 1.807) is 7.05 Å². The van der Waals surface area contributed by atoms with E-state index in [1.807, 2.05) is 17.0 Å². The van der Waals surface area contributed by atoms with Gasteiger partial charge in [0, 0.05) is 39.6 Å². The highest BCUT2D eigenvalue weighted by Crippen LogP contribution is 2.22. The van der Waals surface area contributed by atoms with Gasteiger partial charge >= 0.3 is 0 Å². The van der Waals surface area contributed by atoms with E-state index in [4.69, 9.17) is 0 Å². The molecule has 0 radical (unpaired) electrons. The normalized spacial score (nSPS) is 14.0. The van der Waals surface area contributed by atoms with Crippen molar-refractivity contribution in [3.8, 4) is 0 Å². The van der Waals surface area contributed by atoms with Gasteiger partial charge in [-0.25, -0.2) is 0 Å². The molecule has 2 aromatic carbocycles. The van der Waals surface area contributed by atoms with Crippen molar-refractivity contribution < 1.29 is 4.79 Å². The van der Waals surface area contributed by atoms with Crippen LogP contribution in [0.1, 0.15) is 47.9 Å². The highest BCUT2D eigenvalue weighted by atomic mass is 127. The van der Waals surface area contributed by atoms with E-state index in [0.717, 1.165) is 38.6 Å². The number of benzene rings is 2. The fourth-order valence-electron chi connectivity index (χ4n) is 3.68. The van der Waals surface area contributed by atoms with Crippen molar-refractivity contribution >= 4 is 35.8 Å². The maximum atomic E-state index is 12.5. The maximum absolute atomic E-state index is 12.5. The predicted octanol–water partition coefficient (Wildman–Crippen LogP) is 4.20. The summed E-state index contributed by atoms with van der Waals surface area (Å²) in [7, 11) is 1.78. The van der Waals surface area contributed by atoms with Gasteiger partial charge in [-0.15, -0.1) is 24.0 Å². The second kappa shape index (κ2) is 11.9. The van der Waals surface area contributed by atoms with Crippen LogP contribution >= 0.6 is 24.0 Å². The fraction of sp³-hybridized carbons (Fsp3) is 0.417. The number of hydrogen-bond donors (Lipinski definition) is 2. The average Bonchev–Trinajstić information content (AvgIpc) is 3.17. The lowest BCUT2D eigenvalue weighted by Gasteiger charge is -2.18. The zero-order valence-corrected chi connectivity index (χ0v) is 20.5. The summed E-state index contributed by atoms with van der Waals surface area (Å²) in [5, 5.41) is 6.70. The van der Waals surface area contributed by atoms with E-state index < -0.39 is 0 Å². The molecule has 5 nitrogen and oxygen atoms in total. The molecule has 1 aliphatic rings. The molecule has 0 fully saturated rings. The number of fused-ring (bicyclic) bond motifs is 1. The van der Waals surface area contributed by atoms with Crippen LogP contribution in [-0.2, 0) is 17.9 Å². The van der Waals surface area contributed by atoms with Gasteiger partial charge in [0.25, 0.3) is 0 Å². The molecule has 0 aliphatic carbocycles. The van der Waals surface area contributed by atoms with Gasteiger partial charge in [0.15, 0.2) is 5.96 Å². The Morgan fingerprint density at radius 2 is 1.80 bits per heavy atom. The summed E-state index contributed by atoms with van der Waals surface area (Å²) in [6.07, 6.45) is 1.34. The van der Waals surface area contributed by atoms with Crippen LogP contribution in [-0.4, -0.2) is 36.9 Å². The molecule has 0 bridgehead atoms. The first-order valence-corrected chi connectivity index (χ1v) is 10.4. The van der Waals surface area contributed by atoms with Gasteiger partial charge in [-0.2, -0.15) is 0 Å². The van der Waals surface area contributed by atoms with Gasteiger partial charge in [0.2, 0.25) is 5.91 Å². The number of hydrogen-bond acceptors (Lipinski definition) is 2. The minimum absolute atomic E-state index is 0. The van der Waals surface area contributed by atoms with Crippen LogP contribution in [0.2, 0.25) is 0 Å². The van der Waals surface area contributed by atoms with Crippen LogP contribution in [0, 0.1) is 6.92 Å². The van der Waals surface area contributed by atoms with Crippen molar-refractivity contribution in [1.82, 2.24) is 15.5 Å². The molecule has 0 saturated carbocycles. The number of amides is 1. The highest BCUT2D eigenvalue weighted by molar-refractivity contribution is 14.0. The smallest absolute Gasteiger partial charge is 0.223 e. The monoisotopic (exact) mass is 520 g/mol. The summed E-state index contributed by atoms with van der Waals surface area (Å²) < 4.78 is 0. The van der Waals surface area contributed by atoms with Gasteiger partial charge in [-0.1, -0.05) is 61.0 Å². The van der Waals surface area contributed by atoms with Gasteiger partial charge in [-0.05, 0) is 36.0 Å². The Hall–Kier alpha value is -2.09. The van der Waals surface area contributed by atoms with Crippen molar-refractivity contribution in [3.63, 3.8) is 0 Å². The minimum atomic E-state index is 0. The van der Waals surface area contributed by atoms with Crippen LogP contribution in [0.4, 0.5) is 0 Å². The maximum Gasteiger partial charge on any atom is 0.223 e. The number of nitrogens with zero attached hydrogens (tertiary/aromatic N) is 2. The molecule has 0 saturated heterocycles. The molecule has 1 amide bonds. The molecule has 0 aromatic heterocycles. The highest BCUT2D eigenvalue weighted by Gasteiger charge is 2.22. The third-order valence-electron chi connectivity index (χ3n) is 5.46. The quantitative estimate of drug-likeness (QED) is 0.249. The van der Waals surface area contributed by atoms with E-state index >= 15 is 0 Å². The molecular weight excluding hydrogens is 487 g/mol. The molecule has 1 aliphatic heterocycles. The number of aliphatic imine (C=N–C) groups is 1. The van der Waals surface area contributed by atoms with Crippen molar-refractivity contribution in [1.29, 1.82) is 0 Å². The molecule has 2 aromatic rings. The molecule has 1 atom stereocenters. The number of carbonyl (C=O) groups excluding carboxylic acids is 1. The van der Waals surface area contributed by atoms with Crippen molar-refractivity contribution in [2.45, 2.75) is 45.7 Å². The largest absolute Gasteiger partial charge is 0.356 e. The number of halogens is 1.